The molecule has 1 N–H and O–H groups in total. The summed E-state index contributed by atoms with van der Waals surface area (Å²) < 4.78 is 18.3. The van der Waals surface area contributed by atoms with Gasteiger partial charge in [-0.25, -0.2) is 0 Å². The number of ether oxygens (including phenoxy) is 1. The van der Waals surface area contributed by atoms with Crippen LogP contribution in [0.4, 0.5) is 5.69 Å². The second-order valence-corrected chi connectivity index (χ2v) is 6.88. The van der Waals surface area contributed by atoms with Crippen LogP contribution in [0.15, 0.2) is 18.2 Å². The molecular formula is C16H24BNO3. The van der Waals surface area contributed by atoms with Gasteiger partial charge in [-0.05, 0) is 46.6 Å². The Balaban J connectivity index is 1.91. The highest BCUT2D eigenvalue weighted by Gasteiger charge is 2.52. The minimum Gasteiger partial charge on any atom is -0.488 e. The Kier molecular flexibility index (Phi) is 3.45. The quantitative estimate of drug-likeness (QED) is 0.865. The van der Waals surface area contributed by atoms with E-state index in [1.165, 1.54) is 0 Å². The number of hydrogen-bond donors (Lipinski definition) is 1. The van der Waals surface area contributed by atoms with Crippen molar-refractivity contribution < 1.29 is 14.0 Å². The van der Waals surface area contributed by atoms with E-state index in [0.29, 0.717) is 6.10 Å². The number of rotatable bonds is 4. The largest absolute Gasteiger partial charge is 0.497 e. The number of nitrogens with one attached hydrogen (secondary N) is 1. The van der Waals surface area contributed by atoms with E-state index in [9.17, 15) is 0 Å². The lowest BCUT2D eigenvalue weighted by atomic mass is 9.77. The molecule has 0 amide bonds. The molecule has 0 radical (unpaired) electrons. The summed E-state index contributed by atoms with van der Waals surface area (Å²) >= 11 is 0. The molecule has 1 saturated carbocycles. The zero-order valence-corrected chi connectivity index (χ0v) is 13.5. The van der Waals surface area contributed by atoms with Crippen LogP contribution < -0.4 is 15.5 Å². The van der Waals surface area contributed by atoms with Crippen molar-refractivity contribution in [3.63, 3.8) is 0 Å². The van der Waals surface area contributed by atoms with E-state index in [-0.39, 0.29) is 18.3 Å². The summed E-state index contributed by atoms with van der Waals surface area (Å²) in [5.41, 5.74) is 1.28. The van der Waals surface area contributed by atoms with Crippen molar-refractivity contribution in [2.45, 2.75) is 57.8 Å². The van der Waals surface area contributed by atoms with Crippen LogP contribution in [0.2, 0.25) is 0 Å². The van der Waals surface area contributed by atoms with E-state index in [2.05, 4.69) is 33.0 Å². The van der Waals surface area contributed by atoms with Crippen LogP contribution in [-0.4, -0.2) is 31.5 Å². The SMILES string of the molecule is CNc1c(OC2CC2)cccc1B1OC(C)(C)C(C)(C)O1. The van der Waals surface area contributed by atoms with Gasteiger partial charge in [0.15, 0.2) is 0 Å². The zero-order chi connectivity index (χ0) is 15.3. The van der Waals surface area contributed by atoms with Gasteiger partial charge in [-0.1, -0.05) is 12.1 Å². The molecule has 4 nitrogen and oxygen atoms in total. The predicted molar refractivity (Wildman–Crippen MR) is 85.4 cm³/mol. The van der Waals surface area contributed by atoms with Crippen molar-refractivity contribution in [3.05, 3.63) is 18.2 Å². The van der Waals surface area contributed by atoms with Crippen molar-refractivity contribution >= 4 is 18.3 Å². The number of para-hydroxylation sites is 1. The first-order chi connectivity index (χ1) is 9.84. The molecule has 1 heterocycles. The average molecular weight is 289 g/mol. The molecule has 0 atom stereocenters. The third-order valence-corrected chi connectivity index (χ3v) is 4.63. The molecule has 1 aliphatic heterocycles. The molecule has 114 valence electrons. The van der Waals surface area contributed by atoms with Crippen LogP contribution in [0, 0.1) is 0 Å². The van der Waals surface area contributed by atoms with Crippen LogP contribution in [0.5, 0.6) is 5.75 Å². The molecule has 3 rings (SSSR count). The first-order valence-corrected chi connectivity index (χ1v) is 7.67. The number of anilines is 1. The van der Waals surface area contributed by atoms with E-state index in [1.54, 1.807) is 0 Å². The van der Waals surface area contributed by atoms with Gasteiger partial charge in [0.2, 0.25) is 0 Å². The molecule has 0 spiro atoms. The van der Waals surface area contributed by atoms with E-state index < -0.39 is 0 Å². The Morgan fingerprint density at radius 3 is 2.29 bits per heavy atom. The molecule has 2 aliphatic rings. The highest BCUT2D eigenvalue weighted by Crippen LogP contribution is 2.38. The fraction of sp³-hybridized carbons (Fsp3) is 0.625. The lowest BCUT2D eigenvalue weighted by Gasteiger charge is -2.32. The van der Waals surface area contributed by atoms with Gasteiger partial charge in [0.1, 0.15) is 5.75 Å². The van der Waals surface area contributed by atoms with Crippen molar-refractivity contribution in [2.75, 3.05) is 12.4 Å². The van der Waals surface area contributed by atoms with Crippen LogP contribution in [0.25, 0.3) is 0 Å². The topological polar surface area (TPSA) is 39.7 Å². The third-order valence-electron chi connectivity index (χ3n) is 4.63. The van der Waals surface area contributed by atoms with Crippen molar-refractivity contribution in [3.8, 4) is 5.75 Å². The van der Waals surface area contributed by atoms with Crippen molar-refractivity contribution in [1.29, 1.82) is 0 Å². The van der Waals surface area contributed by atoms with Crippen molar-refractivity contribution in [2.24, 2.45) is 0 Å². The van der Waals surface area contributed by atoms with Gasteiger partial charge in [0.25, 0.3) is 0 Å². The maximum absolute atomic E-state index is 6.15. The molecule has 1 saturated heterocycles. The normalized spacial score (nSPS) is 23.2. The molecular weight excluding hydrogens is 265 g/mol. The molecule has 0 bridgehead atoms. The Labute approximate surface area is 127 Å². The summed E-state index contributed by atoms with van der Waals surface area (Å²) in [5.74, 6) is 0.882. The van der Waals surface area contributed by atoms with Crippen LogP contribution in [-0.2, 0) is 9.31 Å². The maximum Gasteiger partial charge on any atom is 0.497 e. The lowest BCUT2D eigenvalue weighted by molar-refractivity contribution is 0.00578. The van der Waals surface area contributed by atoms with Crippen molar-refractivity contribution in [1.82, 2.24) is 0 Å². The fourth-order valence-electron chi connectivity index (χ4n) is 2.45. The van der Waals surface area contributed by atoms with Crippen LogP contribution >= 0.6 is 0 Å². The van der Waals surface area contributed by atoms with Gasteiger partial charge in [0.05, 0.1) is 23.0 Å². The van der Waals surface area contributed by atoms with E-state index in [0.717, 1.165) is 29.7 Å². The zero-order valence-electron chi connectivity index (χ0n) is 13.5. The molecule has 5 heteroatoms. The molecule has 0 aromatic heterocycles. The highest BCUT2D eigenvalue weighted by molar-refractivity contribution is 6.64. The minimum atomic E-state index is -0.375. The molecule has 1 aromatic carbocycles. The van der Waals surface area contributed by atoms with E-state index in [1.807, 2.05) is 25.2 Å². The van der Waals surface area contributed by atoms with Crippen LogP contribution in [0.1, 0.15) is 40.5 Å². The van der Waals surface area contributed by atoms with Gasteiger partial charge in [-0.2, -0.15) is 0 Å². The summed E-state index contributed by atoms with van der Waals surface area (Å²) in [7, 11) is 1.53. The average Bonchev–Trinajstić information content (AvgIpc) is 3.17. The molecule has 1 aromatic rings. The summed E-state index contributed by atoms with van der Waals surface area (Å²) in [5, 5.41) is 3.24. The maximum atomic E-state index is 6.15. The third kappa shape index (κ3) is 2.65. The first kappa shape index (κ1) is 14.7. The Bertz CT molecular complexity index is 524. The van der Waals surface area contributed by atoms with Gasteiger partial charge >= 0.3 is 7.12 Å². The predicted octanol–water partition coefficient (Wildman–Crippen LogP) is 2.57. The van der Waals surface area contributed by atoms with Gasteiger partial charge in [-0.15, -0.1) is 0 Å². The molecule has 1 aliphatic carbocycles. The second-order valence-electron chi connectivity index (χ2n) is 6.88. The highest BCUT2D eigenvalue weighted by atomic mass is 16.7. The van der Waals surface area contributed by atoms with Gasteiger partial charge < -0.3 is 19.4 Å². The number of benzene rings is 1. The van der Waals surface area contributed by atoms with Gasteiger partial charge in [-0.3, -0.25) is 0 Å². The fourth-order valence-corrected chi connectivity index (χ4v) is 2.45. The Morgan fingerprint density at radius 2 is 1.76 bits per heavy atom. The summed E-state index contributed by atoms with van der Waals surface area (Å²) in [4.78, 5) is 0. The standard InChI is InChI=1S/C16H24BNO3/c1-15(2)16(3,4)21-17(20-15)12-7-6-8-13(14(12)18-5)19-11-9-10-11/h6-8,11,18H,9-10H2,1-5H3. The second kappa shape index (κ2) is 4.92. The van der Waals surface area contributed by atoms with Crippen LogP contribution in [0.3, 0.4) is 0 Å². The van der Waals surface area contributed by atoms with Gasteiger partial charge in [0, 0.05) is 12.5 Å². The lowest BCUT2D eigenvalue weighted by Crippen LogP contribution is -2.41. The van der Waals surface area contributed by atoms with E-state index in [4.69, 9.17) is 14.0 Å². The first-order valence-electron chi connectivity index (χ1n) is 7.67. The Morgan fingerprint density at radius 1 is 1.14 bits per heavy atom. The molecule has 0 unspecified atom stereocenters. The molecule has 21 heavy (non-hydrogen) atoms. The summed E-state index contributed by atoms with van der Waals surface area (Å²) in [6.07, 6.45) is 2.65. The monoisotopic (exact) mass is 289 g/mol. The summed E-state index contributed by atoms with van der Waals surface area (Å²) in [6.45, 7) is 8.26. The minimum absolute atomic E-state index is 0.337. The smallest absolute Gasteiger partial charge is 0.488 e. The molecule has 2 fully saturated rings. The van der Waals surface area contributed by atoms with E-state index >= 15 is 0 Å². The summed E-state index contributed by atoms with van der Waals surface area (Å²) in [6, 6.07) is 6.03. The number of hydrogen-bond acceptors (Lipinski definition) is 4. The Hall–Kier alpha value is -1.20.